The van der Waals surface area contributed by atoms with Gasteiger partial charge < -0.3 is 10.1 Å². The fourth-order valence-electron chi connectivity index (χ4n) is 4.00. The molecular formula is C17H20N4O2. The summed E-state index contributed by atoms with van der Waals surface area (Å²) in [4.78, 5) is 17.0. The van der Waals surface area contributed by atoms with Crippen LogP contribution in [-0.4, -0.2) is 39.8 Å². The van der Waals surface area contributed by atoms with E-state index in [9.17, 15) is 4.79 Å². The number of hydrogen-bond donors (Lipinski definition) is 2. The topological polar surface area (TPSA) is 79.9 Å². The minimum Gasteiger partial charge on any atom is -0.377 e. The van der Waals surface area contributed by atoms with Crippen LogP contribution in [0, 0.1) is 11.3 Å². The minimum absolute atomic E-state index is 0.0360. The van der Waals surface area contributed by atoms with Gasteiger partial charge in [0.15, 0.2) is 0 Å². The minimum atomic E-state index is -0.108. The molecule has 1 saturated heterocycles. The van der Waals surface area contributed by atoms with Gasteiger partial charge in [-0.2, -0.15) is 5.10 Å². The van der Waals surface area contributed by atoms with E-state index in [2.05, 4.69) is 34.3 Å². The van der Waals surface area contributed by atoms with Crippen LogP contribution in [-0.2, 0) is 4.74 Å². The Balaban J connectivity index is 1.56. The van der Waals surface area contributed by atoms with Crippen LogP contribution in [0.15, 0.2) is 30.6 Å². The number of amides is 1. The lowest BCUT2D eigenvalue weighted by atomic mass is 9.57. The van der Waals surface area contributed by atoms with Gasteiger partial charge in [0.25, 0.3) is 5.91 Å². The van der Waals surface area contributed by atoms with Gasteiger partial charge in [-0.1, -0.05) is 19.9 Å². The molecule has 2 N–H and O–H groups in total. The standard InChI is InChI=1S/C17H20N4O2/c1-17(2)14(10-6-8-23-15(10)17)20-16(22)11-9-19-21-13(11)12-5-3-4-7-18-12/h3-5,7,9-10,14-15H,6,8H2,1-2H3,(H,19,21)(H,20,22). The van der Waals surface area contributed by atoms with Crippen molar-refractivity contribution in [3.05, 3.63) is 36.2 Å². The number of aromatic amines is 1. The highest BCUT2D eigenvalue weighted by Crippen LogP contribution is 2.52. The van der Waals surface area contributed by atoms with Gasteiger partial charge in [0.1, 0.15) is 0 Å². The van der Waals surface area contributed by atoms with E-state index in [0.29, 0.717) is 22.9 Å². The van der Waals surface area contributed by atoms with Gasteiger partial charge in [-0.15, -0.1) is 0 Å². The van der Waals surface area contributed by atoms with Crippen LogP contribution in [0.25, 0.3) is 11.4 Å². The van der Waals surface area contributed by atoms with Crippen molar-refractivity contribution in [2.45, 2.75) is 32.4 Å². The van der Waals surface area contributed by atoms with Gasteiger partial charge in [-0.25, -0.2) is 0 Å². The van der Waals surface area contributed by atoms with Gasteiger partial charge >= 0.3 is 0 Å². The number of carbonyl (C=O) groups is 1. The Hall–Kier alpha value is -2.21. The third kappa shape index (κ3) is 2.16. The van der Waals surface area contributed by atoms with Crippen molar-refractivity contribution >= 4 is 5.91 Å². The number of nitrogens with zero attached hydrogens (tertiary/aromatic N) is 2. The molecule has 2 aromatic heterocycles. The molecule has 3 unspecified atom stereocenters. The molecule has 2 aromatic rings. The summed E-state index contributed by atoms with van der Waals surface area (Å²) < 4.78 is 5.78. The molecule has 120 valence electrons. The largest absolute Gasteiger partial charge is 0.377 e. The summed E-state index contributed by atoms with van der Waals surface area (Å²) >= 11 is 0. The number of carbonyl (C=O) groups excluding carboxylic acids is 1. The zero-order valence-corrected chi connectivity index (χ0v) is 13.2. The molecule has 2 aliphatic rings. The number of nitrogens with one attached hydrogen (secondary N) is 2. The molecule has 1 aliphatic heterocycles. The van der Waals surface area contributed by atoms with Crippen LogP contribution in [0.3, 0.4) is 0 Å². The summed E-state index contributed by atoms with van der Waals surface area (Å²) in [6.07, 6.45) is 4.53. The molecule has 4 rings (SSSR count). The van der Waals surface area contributed by atoms with Crippen LogP contribution in [0.5, 0.6) is 0 Å². The summed E-state index contributed by atoms with van der Waals surface area (Å²) in [6.45, 7) is 5.09. The summed E-state index contributed by atoms with van der Waals surface area (Å²) in [5.41, 5.74) is 1.86. The summed E-state index contributed by atoms with van der Waals surface area (Å²) in [5.74, 6) is 0.307. The second kappa shape index (κ2) is 5.16. The average molecular weight is 312 g/mol. The number of fused-ring (bicyclic) bond motifs is 1. The summed E-state index contributed by atoms with van der Waals surface area (Å²) in [5, 5.41) is 10.1. The molecule has 1 saturated carbocycles. The van der Waals surface area contributed by atoms with Crippen molar-refractivity contribution in [3.63, 3.8) is 0 Å². The Morgan fingerprint density at radius 3 is 3.09 bits per heavy atom. The molecule has 0 bridgehead atoms. The highest BCUT2D eigenvalue weighted by Gasteiger charge is 2.59. The van der Waals surface area contributed by atoms with E-state index >= 15 is 0 Å². The van der Waals surface area contributed by atoms with Crippen LogP contribution >= 0.6 is 0 Å². The first-order chi connectivity index (χ1) is 11.1. The molecule has 2 fully saturated rings. The molecule has 3 atom stereocenters. The van der Waals surface area contributed by atoms with Crippen LogP contribution in [0.4, 0.5) is 0 Å². The number of rotatable bonds is 3. The van der Waals surface area contributed by atoms with Gasteiger partial charge in [-0.3, -0.25) is 14.9 Å². The number of pyridine rings is 1. The highest BCUT2D eigenvalue weighted by atomic mass is 16.5. The van der Waals surface area contributed by atoms with Crippen molar-refractivity contribution in [3.8, 4) is 11.4 Å². The quantitative estimate of drug-likeness (QED) is 0.908. The molecule has 6 heteroatoms. The maximum absolute atomic E-state index is 12.7. The smallest absolute Gasteiger partial charge is 0.255 e. The van der Waals surface area contributed by atoms with E-state index in [0.717, 1.165) is 13.0 Å². The van der Waals surface area contributed by atoms with E-state index in [-0.39, 0.29) is 23.5 Å². The third-order valence-corrected chi connectivity index (χ3v) is 5.19. The zero-order valence-electron chi connectivity index (χ0n) is 13.2. The number of aromatic nitrogens is 3. The number of ether oxygens (including phenoxy) is 1. The monoisotopic (exact) mass is 312 g/mol. The molecule has 1 aliphatic carbocycles. The Morgan fingerprint density at radius 2 is 2.30 bits per heavy atom. The van der Waals surface area contributed by atoms with Crippen LogP contribution in [0.1, 0.15) is 30.6 Å². The number of H-pyrrole nitrogens is 1. The van der Waals surface area contributed by atoms with Crippen molar-refractivity contribution in [1.29, 1.82) is 0 Å². The maximum Gasteiger partial charge on any atom is 0.255 e. The molecule has 0 spiro atoms. The summed E-state index contributed by atoms with van der Waals surface area (Å²) in [7, 11) is 0. The highest BCUT2D eigenvalue weighted by molar-refractivity contribution is 5.99. The molecule has 3 heterocycles. The Bertz CT molecular complexity index is 725. The first kappa shape index (κ1) is 14.4. The maximum atomic E-state index is 12.7. The first-order valence-electron chi connectivity index (χ1n) is 7.96. The fraction of sp³-hybridized carbons (Fsp3) is 0.471. The normalized spacial score (nSPS) is 28.0. The van der Waals surface area contributed by atoms with Crippen molar-refractivity contribution < 1.29 is 9.53 Å². The number of hydrogen-bond acceptors (Lipinski definition) is 4. The van der Waals surface area contributed by atoms with Gasteiger partial charge in [0, 0.05) is 30.2 Å². The Morgan fingerprint density at radius 1 is 1.43 bits per heavy atom. The Kier molecular flexibility index (Phi) is 3.23. The van der Waals surface area contributed by atoms with Gasteiger partial charge in [0.05, 0.1) is 29.3 Å². The second-order valence-corrected chi connectivity index (χ2v) is 6.89. The SMILES string of the molecule is CC1(C)C(NC(=O)c2cn[nH]c2-c2ccccn2)C2CCOC21. The molecule has 23 heavy (non-hydrogen) atoms. The average Bonchev–Trinajstić information content (AvgIpc) is 3.21. The van der Waals surface area contributed by atoms with E-state index in [1.807, 2.05) is 18.2 Å². The predicted octanol–water partition coefficient (Wildman–Crippen LogP) is 2.01. The zero-order chi connectivity index (χ0) is 16.0. The van der Waals surface area contributed by atoms with Crippen molar-refractivity contribution in [1.82, 2.24) is 20.5 Å². The predicted molar refractivity (Wildman–Crippen MR) is 84.7 cm³/mol. The second-order valence-electron chi connectivity index (χ2n) is 6.89. The molecule has 0 radical (unpaired) electrons. The van der Waals surface area contributed by atoms with E-state index in [4.69, 9.17) is 4.74 Å². The van der Waals surface area contributed by atoms with Crippen LogP contribution in [0.2, 0.25) is 0 Å². The molecule has 6 nitrogen and oxygen atoms in total. The van der Waals surface area contributed by atoms with E-state index in [1.165, 1.54) is 0 Å². The lowest BCUT2D eigenvalue weighted by molar-refractivity contribution is -0.108. The van der Waals surface area contributed by atoms with Gasteiger partial charge in [0.2, 0.25) is 0 Å². The summed E-state index contributed by atoms with van der Waals surface area (Å²) in [6, 6.07) is 5.73. The lowest BCUT2D eigenvalue weighted by Crippen LogP contribution is -2.66. The fourth-order valence-corrected chi connectivity index (χ4v) is 4.00. The molecular weight excluding hydrogens is 292 g/mol. The molecule has 0 aromatic carbocycles. The van der Waals surface area contributed by atoms with Crippen LogP contribution < -0.4 is 5.32 Å². The molecule has 1 amide bonds. The van der Waals surface area contributed by atoms with Crippen molar-refractivity contribution in [2.75, 3.05) is 6.61 Å². The van der Waals surface area contributed by atoms with E-state index in [1.54, 1.807) is 12.4 Å². The van der Waals surface area contributed by atoms with E-state index < -0.39 is 0 Å². The first-order valence-corrected chi connectivity index (χ1v) is 7.96. The van der Waals surface area contributed by atoms with Crippen molar-refractivity contribution in [2.24, 2.45) is 11.3 Å². The van der Waals surface area contributed by atoms with Gasteiger partial charge in [-0.05, 0) is 18.6 Å². The lowest BCUT2D eigenvalue weighted by Gasteiger charge is -2.54. The third-order valence-electron chi connectivity index (χ3n) is 5.19. The Labute approximate surface area is 134 Å².